The molecule has 1 aromatic rings. The summed E-state index contributed by atoms with van der Waals surface area (Å²) in [5, 5.41) is 3.66. The highest BCUT2D eigenvalue weighted by Gasteiger charge is 2.26. The number of amides is 1. The molecule has 2 rings (SSSR count). The van der Waals surface area contributed by atoms with Crippen molar-refractivity contribution in [2.75, 3.05) is 13.1 Å². The first-order chi connectivity index (χ1) is 10.2. The normalized spacial score (nSPS) is 19.2. The molecule has 1 atom stereocenters. The fourth-order valence-corrected chi connectivity index (χ4v) is 3.27. The predicted octanol–water partition coefficient (Wildman–Crippen LogP) is 4.20. The summed E-state index contributed by atoms with van der Waals surface area (Å²) in [6.07, 6.45) is 0.594. The van der Waals surface area contributed by atoms with E-state index in [1.807, 2.05) is 39.0 Å². The highest BCUT2D eigenvalue weighted by atomic mass is 79.9. The number of hydrogen-bond acceptors (Lipinski definition) is 3. The minimum absolute atomic E-state index is 0.140. The van der Waals surface area contributed by atoms with E-state index in [1.54, 1.807) is 0 Å². The number of ether oxygens (including phenoxy) is 1. The van der Waals surface area contributed by atoms with Crippen LogP contribution in [0.5, 0.6) is 0 Å². The Bertz CT molecular complexity index is 545. The van der Waals surface area contributed by atoms with Gasteiger partial charge >= 0.3 is 6.09 Å². The van der Waals surface area contributed by atoms with Gasteiger partial charge in [0.1, 0.15) is 5.60 Å². The average molecular weight is 390 g/mol. The molecule has 1 saturated heterocycles. The second-order valence-electron chi connectivity index (χ2n) is 6.60. The molecule has 0 aromatic heterocycles. The molecule has 1 aromatic carbocycles. The number of nitrogens with zero attached hydrogens (tertiary/aromatic N) is 1. The van der Waals surface area contributed by atoms with Gasteiger partial charge < -0.3 is 10.1 Å². The van der Waals surface area contributed by atoms with E-state index in [2.05, 4.69) is 26.1 Å². The lowest BCUT2D eigenvalue weighted by atomic mass is 10.2. The maximum atomic E-state index is 11.8. The highest BCUT2D eigenvalue weighted by molar-refractivity contribution is 9.10. The summed E-state index contributed by atoms with van der Waals surface area (Å²) >= 11 is 9.50. The third-order valence-corrected chi connectivity index (χ3v) is 4.38. The van der Waals surface area contributed by atoms with Crippen molar-refractivity contribution in [3.05, 3.63) is 33.3 Å². The summed E-state index contributed by atoms with van der Waals surface area (Å²) in [5.41, 5.74) is 0.735. The summed E-state index contributed by atoms with van der Waals surface area (Å²) < 4.78 is 6.31. The molecule has 0 bridgehead atoms. The minimum Gasteiger partial charge on any atom is -0.444 e. The van der Waals surface area contributed by atoms with E-state index in [1.165, 1.54) is 5.56 Å². The van der Waals surface area contributed by atoms with E-state index in [0.717, 1.165) is 35.6 Å². The van der Waals surface area contributed by atoms with Gasteiger partial charge in [0.15, 0.2) is 0 Å². The van der Waals surface area contributed by atoms with E-state index in [-0.39, 0.29) is 12.1 Å². The van der Waals surface area contributed by atoms with Crippen molar-refractivity contribution in [1.82, 2.24) is 10.2 Å². The number of nitrogens with one attached hydrogen (secondary N) is 1. The Hall–Kier alpha value is -0.780. The van der Waals surface area contributed by atoms with Crippen molar-refractivity contribution in [2.24, 2.45) is 0 Å². The smallest absolute Gasteiger partial charge is 0.407 e. The summed E-state index contributed by atoms with van der Waals surface area (Å²) in [7, 11) is 0. The maximum Gasteiger partial charge on any atom is 0.407 e. The lowest BCUT2D eigenvalue weighted by molar-refractivity contribution is 0.0506. The number of halogens is 2. The molecular formula is C16H22BrClN2O2. The second kappa shape index (κ2) is 7.20. The minimum atomic E-state index is -0.462. The summed E-state index contributed by atoms with van der Waals surface area (Å²) in [5.74, 6) is 0. The molecule has 0 radical (unpaired) electrons. The van der Waals surface area contributed by atoms with Gasteiger partial charge in [-0.05, 0) is 44.9 Å². The van der Waals surface area contributed by atoms with Crippen LogP contribution < -0.4 is 5.32 Å². The number of carbonyl (C=O) groups is 1. The van der Waals surface area contributed by atoms with Crippen LogP contribution in [0.15, 0.2) is 22.7 Å². The number of benzene rings is 1. The van der Waals surface area contributed by atoms with Crippen LogP contribution in [0.1, 0.15) is 32.8 Å². The Morgan fingerprint density at radius 3 is 2.86 bits per heavy atom. The summed E-state index contributed by atoms with van der Waals surface area (Å²) in [6.45, 7) is 8.22. The Morgan fingerprint density at radius 2 is 2.23 bits per heavy atom. The Balaban J connectivity index is 1.84. The second-order valence-corrected chi connectivity index (χ2v) is 7.89. The monoisotopic (exact) mass is 388 g/mol. The van der Waals surface area contributed by atoms with E-state index in [4.69, 9.17) is 16.3 Å². The molecule has 122 valence electrons. The molecule has 1 aliphatic rings. The van der Waals surface area contributed by atoms with Crippen LogP contribution in [0.2, 0.25) is 5.02 Å². The van der Waals surface area contributed by atoms with Gasteiger partial charge in [0.2, 0.25) is 0 Å². The molecular weight excluding hydrogens is 368 g/mol. The van der Waals surface area contributed by atoms with Gasteiger partial charge in [-0.1, -0.05) is 33.6 Å². The first-order valence-corrected chi connectivity index (χ1v) is 8.56. The molecule has 0 saturated carbocycles. The standard InChI is InChI=1S/C16H22BrClN2O2/c1-16(2,3)22-15(21)19-13-6-7-20(10-13)9-11-4-5-12(18)8-14(11)17/h4-5,8,13H,6-7,9-10H2,1-3H3,(H,19,21). The zero-order chi connectivity index (χ0) is 16.3. The third-order valence-electron chi connectivity index (χ3n) is 3.40. The molecule has 0 spiro atoms. The van der Waals surface area contributed by atoms with Gasteiger partial charge in [0.05, 0.1) is 0 Å². The van der Waals surface area contributed by atoms with Gasteiger partial charge in [0, 0.05) is 35.2 Å². The van der Waals surface area contributed by atoms with Crippen molar-refractivity contribution in [3.8, 4) is 0 Å². The molecule has 1 fully saturated rings. The van der Waals surface area contributed by atoms with Crippen LogP contribution in [0.25, 0.3) is 0 Å². The summed E-state index contributed by atoms with van der Waals surface area (Å²) in [4.78, 5) is 14.1. The van der Waals surface area contributed by atoms with Gasteiger partial charge in [-0.3, -0.25) is 4.90 Å². The van der Waals surface area contributed by atoms with Crippen LogP contribution in [-0.4, -0.2) is 35.7 Å². The van der Waals surface area contributed by atoms with Crippen molar-refractivity contribution in [3.63, 3.8) is 0 Å². The lowest BCUT2D eigenvalue weighted by Crippen LogP contribution is -2.40. The molecule has 4 nitrogen and oxygen atoms in total. The molecule has 1 N–H and O–H groups in total. The van der Waals surface area contributed by atoms with Crippen LogP contribution in [0.4, 0.5) is 4.79 Å². The van der Waals surface area contributed by atoms with E-state index in [0.29, 0.717) is 0 Å². The largest absolute Gasteiger partial charge is 0.444 e. The van der Waals surface area contributed by atoms with E-state index < -0.39 is 5.60 Å². The molecule has 1 unspecified atom stereocenters. The van der Waals surface area contributed by atoms with Gasteiger partial charge in [-0.15, -0.1) is 0 Å². The average Bonchev–Trinajstić information content (AvgIpc) is 2.77. The Labute approximate surface area is 145 Å². The predicted molar refractivity (Wildman–Crippen MR) is 92.2 cm³/mol. The van der Waals surface area contributed by atoms with Crippen LogP contribution >= 0.6 is 27.5 Å². The van der Waals surface area contributed by atoms with Crippen molar-refractivity contribution < 1.29 is 9.53 Å². The third kappa shape index (κ3) is 5.45. The fourth-order valence-electron chi connectivity index (χ4n) is 2.46. The molecule has 6 heteroatoms. The van der Waals surface area contributed by atoms with Gasteiger partial charge in [-0.2, -0.15) is 0 Å². The molecule has 1 heterocycles. The molecule has 22 heavy (non-hydrogen) atoms. The number of alkyl carbamates (subject to hydrolysis) is 1. The zero-order valence-electron chi connectivity index (χ0n) is 13.2. The Morgan fingerprint density at radius 1 is 1.50 bits per heavy atom. The topological polar surface area (TPSA) is 41.6 Å². The van der Waals surface area contributed by atoms with E-state index in [9.17, 15) is 4.79 Å². The summed E-state index contributed by atoms with van der Waals surface area (Å²) in [6, 6.07) is 5.97. The van der Waals surface area contributed by atoms with Crippen molar-refractivity contribution >= 4 is 33.6 Å². The first-order valence-electron chi connectivity index (χ1n) is 7.39. The highest BCUT2D eigenvalue weighted by Crippen LogP contribution is 2.24. The van der Waals surface area contributed by atoms with Gasteiger partial charge in [-0.25, -0.2) is 4.79 Å². The molecule has 0 aliphatic carbocycles. The maximum absolute atomic E-state index is 11.8. The number of carbonyl (C=O) groups excluding carboxylic acids is 1. The number of rotatable bonds is 3. The van der Waals surface area contributed by atoms with Crippen molar-refractivity contribution in [2.45, 2.75) is 45.4 Å². The number of hydrogen-bond donors (Lipinski definition) is 1. The fraction of sp³-hybridized carbons (Fsp3) is 0.562. The van der Waals surface area contributed by atoms with Crippen molar-refractivity contribution in [1.29, 1.82) is 0 Å². The molecule has 1 aliphatic heterocycles. The first kappa shape index (κ1) is 17.6. The van der Waals surface area contributed by atoms with Gasteiger partial charge in [0.25, 0.3) is 0 Å². The Kier molecular flexibility index (Phi) is 5.75. The zero-order valence-corrected chi connectivity index (χ0v) is 15.5. The van der Waals surface area contributed by atoms with Crippen LogP contribution in [0.3, 0.4) is 0 Å². The van der Waals surface area contributed by atoms with E-state index >= 15 is 0 Å². The number of likely N-dealkylation sites (tertiary alicyclic amines) is 1. The molecule has 1 amide bonds. The lowest BCUT2D eigenvalue weighted by Gasteiger charge is -2.22. The quantitative estimate of drug-likeness (QED) is 0.842. The van der Waals surface area contributed by atoms with Crippen LogP contribution in [0, 0.1) is 0 Å². The SMILES string of the molecule is CC(C)(C)OC(=O)NC1CCN(Cc2ccc(Cl)cc2Br)C1. The van der Waals surface area contributed by atoms with Crippen LogP contribution in [-0.2, 0) is 11.3 Å².